The fraction of sp³-hybridized carbons (Fsp3) is 0.280. The van der Waals surface area contributed by atoms with Gasteiger partial charge in [-0.15, -0.1) is 0 Å². The predicted octanol–water partition coefficient (Wildman–Crippen LogP) is 4.49. The Labute approximate surface area is 185 Å². The van der Waals surface area contributed by atoms with Crippen LogP contribution in [0.5, 0.6) is 5.75 Å². The summed E-state index contributed by atoms with van der Waals surface area (Å²) in [6, 6.07) is 15.4. The zero-order valence-electron chi connectivity index (χ0n) is 18.0. The Hall–Kier alpha value is -3.74. The molecule has 32 heavy (non-hydrogen) atoms. The second-order valence-electron chi connectivity index (χ2n) is 7.48. The maximum absolute atomic E-state index is 12.7. The van der Waals surface area contributed by atoms with E-state index in [9.17, 15) is 9.59 Å². The van der Waals surface area contributed by atoms with Crippen molar-refractivity contribution in [3.8, 4) is 16.9 Å². The Kier molecular flexibility index (Phi) is 6.16. The molecule has 0 bridgehead atoms. The van der Waals surface area contributed by atoms with Gasteiger partial charge in [0.1, 0.15) is 11.7 Å². The number of carbonyl (C=O) groups excluding carboxylic acids is 2. The SMILES string of the molecule is CCOC(=O)CC1c2cc(-c3ccc4ncccc4c3)ccc2OC(=N)C1C(=O)OCC. The maximum Gasteiger partial charge on any atom is 0.319 e. The maximum atomic E-state index is 12.7. The Bertz CT molecular complexity index is 1190. The lowest BCUT2D eigenvalue weighted by Gasteiger charge is -2.32. The molecule has 7 heteroatoms. The van der Waals surface area contributed by atoms with Crippen LogP contribution in [0.25, 0.3) is 22.0 Å². The normalized spacial score (nSPS) is 17.4. The third-order valence-electron chi connectivity index (χ3n) is 5.48. The molecule has 1 N–H and O–H groups in total. The Balaban J connectivity index is 1.78. The van der Waals surface area contributed by atoms with Crippen molar-refractivity contribution in [2.75, 3.05) is 13.2 Å². The first-order valence-electron chi connectivity index (χ1n) is 10.6. The van der Waals surface area contributed by atoms with Crippen LogP contribution in [0, 0.1) is 11.3 Å². The standard InChI is InChI=1S/C25H24N2O5/c1-3-30-22(28)14-19-18-13-16(15-7-9-20-17(12-15)6-5-11-27-20)8-10-21(18)32-24(26)23(19)25(29)31-4-2/h5-13,19,23,26H,3-4,14H2,1-2H3. The summed E-state index contributed by atoms with van der Waals surface area (Å²) in [5.74, 6) is -2.42. The van der Waals surface area contributed by atoms with Crippen LogP contribution in [0.1, 0.15) is 31.7 Å². The molecule has 0 saturated carbocycles. The number of fused-ring (bicyclic) bond motifs is 2. The highest BCUT2D eigenvalue weighted by molar-refractivity contribution is 6.00. The van der Waals surface area contributed by atoms with Crippen molar-refractivity contribution in [1.82, 2.24) is 4.98 Å². The minimum atomic E-state index is -1.01. The van der Waals surface area contributed by atoms with Crippen molar-refractivity contribution < 1.29 is 23.8 Å². The van der Waals surface area contributed by atoms with Gasteiger partial charge in [-0.1, -0.05) is 18.2 Å². The molecule has 0 amide bonds. The fourth-order valence-electron chi connectivity index (χ4n) is 4.04. The number of hydrogen-bond acceptors (Lipinski definition) is 7. The van der Waals surface area contributed by atoms with Crippen LogP contribution in [-0.4, -0.2) is 36.0 Å². The Morgan fingerprint density at radius 1 is 1.03 bits per heavy atom. The monoisotopic (exact) mass is 432 g/mol. The highest BCUT2D eigenvalue weighted by atomic mass is 16.5. The van der Waals surface area contributed by atoms with Crippen LogP contribution in [0.4, 0.5) is 0 Å². The zero-order valence-corrected chi connectivity index (χ0v) is 18.0. The highest BCUT2D eigenvalue weighted by Crippen LogP contribution is 2.43. The van der Waals surface area contributed by atoms with E-state index in [1.165, 1.54) is 0 Å². The molecule has 0 saturated heterocycles. The molecule has 2 unspecified atom stereocenters. The topological polar surface area (TPSA) is 98.6 Å². The molecular formula is C25H24N2O5. The third kappa shape index (κ3) is 4.19. The molecule has 2 heterocycles. The number of nitrogens with zero attached hydrogens (tertiary/aromatic N) is 1. The number of carbonyl (C=O) groups is 2. The van der Waals surface area contributed by atoms with Gasteiger partial charge in [0.15, 0.2) is 0 Å². The highest BCUT2D eigenvalue weighted by Gasteiger charge is 2.42. The molecule has 1 aliphatic heterocycles. The Morgan fingerprint density at radius 3 is 2.56 bits per heavy atom. The molecular weight excluding hydrogens is 408 g/mol. The molecule has 3 aromatic rings. The number of pyridine rings is 1. The number of nitrogens with one attached hydrogen (secondary N) is 1. The first-order chi connectivity index (χ1) is 15.5. The first kappa shape index (κ1) is 21.5. The summed E-state index contributed by atoms with van der Waals surface area (Å²) >= 11 is 0. The van der Waals surface area contributed by atoms with Crippen molar-refractivity contribution in [1.29, 1.82) is 5.41 Å². The molecule has 2 atom stereocenters. The van der Waals surface area contributed by atoms with E-state index in [1.807, 2.05) is 42.5 Å². The van der Waals surface area contributed by atoms with E-state index in [-0.39, 0.29) is 25.5 Å². The van der Waals surface area contributed by atoms with Crippen LogP contribution < -0.4 is 4.74 Å². The van der Waals surface area contributed by atoms with Gasteiger partial charge in [-0.25, -0.2) is 0 Å². The number of benzene rings is 2. The van der Waals surface area contributed by atoms with Gasteiger partial charge in [-0.2, -0.15) is 0 Å². The largest absolute Gasteiger partial charge is 0.466 e. The summed E-state index contributed by atoms with van der Waals surface area (Å²) in [6.07, 6.45) is 1.70. The summed E-state index contributed by atoms with van der Waals surface area (Å²) in [5.41, 5.74) is 3.45. The van der Waals surface area contributed by atoms with Crippen LogP contribution in [0.3, 0.4) is 0 Å². The van der Waals surface area contributed by atoms with E-state index in [4.69, 9.17) is 19.6 Å². The van der Waals surface area contributed by atoms with Gasteiger partial charge in [0.2, 0.25) is 5.90 Å². The molecule has 0 fully saturated rings. The second-order valence-corrected chi connectivity index (χ2v) is 7.48. The van der Waals surface area contributed by atoms with Crippen LogP contribution in [-0.2, 0) is 19.1 Å². The minimum Gasteiger partial charge on any atom is -0.466 e. The first-order valence-corrected chi connectivity index (χ1v) is 10.6. The van der Waals surface area contributed by atoms with Gasteiger partial charge >= 0.3 is 11.9 Å². The zero-order chi connectivity index (χ0) is 22.7. The number of aromatic nitrogens is 1. The lowest BCUT2D eigenvalue weighted by molar-refractivity contribution is -0.148. The van der Waals surface area contributed by atoms with E-state index in [0.717, 1.165) is 22.0 Å². The average molecular weight is 432 g/mol. The van der Waals surface area contributed by atoms with E-state index in [2.05, 4.69) is 4.98 Å². The number of ether oxygens (including phenoxy) is 3. The number of esters is 2. The van der Waals surface area contributed by atoms with Crippen molar-refractivity contribution in [2.24, 2.45) is 5.92 Å². The smallest absolute Gasteiger partial charge is 0.319 e. The number of rotatable bonds is 6. The predicted molar refractivity (Wildman–Crippen MR) is 120 cm³/mol. The Morgan fingerprint density at radius 2 is 1.78 bits per heavy atom. The van der Waals surface area contributed by atoms with E-state index in [0.29, 0.717) is 11.3 Å². The summed E-state index contributed by atoms with van der Waals surface area (Å²) in [5, 5.41) is 9.30. The molecule has 4 rings (SSSR count). The van der Waals surface area contributed by atoms with E-state index in [1.54, 1.807) is 26.1 Å². The van der Waals surface area contributed by atoms with Crippen LogP contribution in [0.2, 0.25) is 0 Å². The second kappa shape index (κ2) is 9.18. The summed E-state index contributed by atoms with van der Waals surface area (Å²) in [6.45, 7) is 3.84. The third-order valence-corrected chi connectivity index (χ3v) is 5.48. The number of hydrogen-bond donors (Lipinski definition) is 1. The molecule has 0 aliphatic carbocycles. The van der Waals surface area contributed by atoms with Crippen LogP contribution >= 0.6 is 0 Å². The molecule has 1 aromatic heterocycles. The van der Waals surface area contributed by atoms with Gasteiger partial charge < -0.3 is 14.2 Å². The van der Waals surface area contributed by atoms with E-state index < -0.39 is 23.8 Å². The molecule has 164 valence electrons. The average Bonchev–Trinajstić information content (AvgIpc) is 2.79. The molecule has 0 radical (unpaired) electrons. The van der Waals surface area contributed by atoms with Gasteiger partial charge in [0, 0.05) is 23.1 Å². The lowest BCUT2D eigenvalue weighted by Crippen LogP contribution is -2.39. The van der Waals surface area contributed by atoms with Gasteiger partial charge in [-0.3, -0.25) is 20.0 Å². The van der Waals surface area contributed by atoms with Gasteiger partial charge in [0.25, 0.3) is 0 Å². The molecule has 7 nitrogen and oxygen atoms in total. The molecule has 1 aliphatic rings. The van der Waals surface area contributed by atoms with Crippen molar-refractivity contribution in [2.45, 2.75) is 26.2 Å². The van der Waals surface area contributed by atoms with Crippen molar-refractivity contribution in [3.63, 3.8) is 0 Å². The van der Waals surface area contributed by atoms with Crippen molar-refractivity contribution in [3.05, 3.63) is 60.3 Å². The summed E-state index contributed by atoms with van der Waals surface area (Å²) in [7, 11) is 0. The quantitative estimate of drug-likeness (QED) is 0.577. The summed E-state index contributed by atoms with van der Waals surface area (Å²) < 4.78 is 16.0. The van der Waals surface area contributed by atoms with Crippen LogP contribution in [0.15, 0.2) is 54.7 Å². The summed E-state index contributed by atoms with van der Waals surface area (Å²) in [4.78, 5) is 29.4. The lowest BCUT2D eigenvalue weighted by atomic mass is 9.80. The molecule has 2 aromatic carbocycles. The van der Waals surface area contributed by atoms with E-state index >= 15 is 0 Å². The fourth-order valence-corrected chi connectivity index (χ4v) is 4.04. The van der Waals surface area contributed by atoms with Gasteiger partial charge in [0.05, 0.1) is 25.2 Å². The minimum absolute atomic E-state index is 0.0544. The van der Waals surface area contributed by atoms with Gasteiger partial charge in [-0.05, 0) is 55.3 Å². The molecule has 0 spiro atoms. The van der Waals surface area contributed by atoms with Crippen molar-refractivity contribution >= 4 is 28.7 Å².